The smallest absolute Gasteiger partial charge is 0.406 e. The lowest BCUT2D eigenvalue weighted by molar-refractivity contribution is -0.274. The summed E-state index contributed by atoms with van der Waals surface area (Å²) in [5, 5.41) is 5.80. The summed E-state index contributed by atoms with van der Waals surface area (Å²) in [7, 11) is 0. The summed E-state index contributed by atoms with van der Waals surface area (Å²) in [6.45, 7) is 3.91. The van der Waals surface area contributed by atoms with E-state index in [9.17, 15) is 18.0 Å². The van der Waals surface area contributed by atoms with Crippen molar-refractivity contribution in [2.45, 2.75) is 32.7 Å². The van der Waals surface area contributed by atoms with E-state index in [0.717, 1.165) is 6.42 Å². The minimum absolute atomic E-state index is 0.0331. The molecule has 7 nitrogen and oxygen atoms in total. The first-order chi connectivity index (χ1) is 15.1. The first-order valence-corrected chi connectivity index (χ1v) is 9.81. The lowest BCUT2D eigenvalue weighted by atomic mass is 10.1. The van der Waals surface area contributed by atoms with E-state index in [1.807, 2.05) is 13.8 Å². The summed E-state index contributed by atoms with van der Waals surface area (Å²) in [6.07, 6.45) is -4.03. The van der Waals surface area contributed by atoms with Crippen LogP contribution in [0.5, 0.6) is 5.75 Å². The molecule has 1 aromatic heterocycles. The van der Waals surface area contributed by atoms with E-state index in [2.05, 4.69) is 25.3 Å². The SMILES string of the molecule is CC[C@H](C)Nc1nc(NC(=O)c2ccc(N)cc2)cc(-c2cccc(OC(F)(F)F)c2)n1. The van der Waals surface area contributed by atoms with Crippen molar-refractivity contribution < 1.29 is 22.7 Å². The molecule has 1 heterocycles. The zero-order valence-corrected chi connectivity index (χ0v) is 17.4. The van der Waals surface area contributed by atoms with Crippen LogP contribution in [0.3, 0.4) is 0 Å². The number of hydrogen-bond acceptors (Lipinski definition) is 6. The van der Waals surface area contributed by atoms with E-state index in [-0.39, 0.29) is 23.6 Å². The van der Waals surface area contributed by atoms with Crippen LogP contribution in [-0.4, -0.2) is 28.3 Å². The van der Waals surface area contributed by atoms with Crippen molar-refractivity contribution in [3.63, 3.8) is 0 Å². The van der Waals surface area contributed by atoms with Crippen LogP contribution in [0.15, 0.2) is 54.6 Å². The van der Waals surface area contributed by atoms with Gasteiger partial charge < -0.3 is 21.1 Å². The molecule has 0 fully saturated rings. The number of nitrogens with one attached hydrogen (secondary N) is 2. The largest absolute Gasteiger partial charge is 0.573 e. The van der Waals surface area contributed by atoms with Crippen LogP contribution < -0.4 is 21.1 Å². The molecule has 0 aliphatic carbocycles. The molecule has 0 saturated carbocycles. The standard InChI is InChI=1S/C22H22F3N5O2/c1-3-13(2)27-21-28-18(15-5-4-6-17(11-15)32-22(23,24)25)12-19(30-21)29-20(31)14-7-9-16(26)10-8-14/h4-13H,3,26H2,1-2H3,(H2,27,28,29,30,31)/t13-/m0/s1. The summed E-state index contributed by atoms with van der Waals surface area (Å²) in [5.41, 5.74) is 7.22. The van der Waals surface area contributed by atoms with Gasteiger partial charge in [-0.25, -0.2) is 4.98 Å². The zero-order chi connectivity index (χ0) is 23.3. The second-order valence-electron chi connectivity index (χ2n) is 7.07. The van der Waals surface area contributed by atoms with Crippen LogP contribution in [-0.2, 0) is 0 Å². The molecule has 0 radical (unpaired) electrons. The van der Waals surface area contributed by atoms with Gasteiger partial charge in [-0.3, -0.25) is 4.79 Å². The molecule has 32 heavy (non-hydrogen) atoms. The topological polar surface area (TPSA) is 102 Å². The highest BCUT2D eigenvalue weighted by Gasteiger charge is 2.31. The summed E-state index contributed by atoms with van der Waals surface area (Å²) < 4.78 is 41.8. The van der Waals surface area contributed by atoms with Gasteiger partial charge in [0.25, 0.3) is 5.91 Å². The van der Waals surface area contributed by atoms with Gasteiger partial charge in [0.05, 0.1) is 5.69 Å². The number of nitrogens with zero attached hydrogens (tertiary/aromatic N) is 2. The van der Waals surface area contributed by atoms with Gasteiger partial charge in [0, 0.05) is 28.9 Å². The number of halogens is 3. The van der Waals surface area contributed by atoms with E-state index in [1.54, 1.807) is 30.3 Å². The van der Waals surface area contributed by atoms with Crippen molar-refractivity contribution in [1.82, 2.24) is 9.97 Å². The Labute approximate surface area is 182 Å². The first kappa shape index (κ1) is 22.9. The first-order valence-electron chi connectivity index (χ1n) is 9.81. The van der Waals surface area contributed by atoms with Gasteiger partial charge in [-0.1, -0.05) is 19.1 Å². The number of hydrogen-bond donors (Lipinski definition) is 3. The fourth-order valence-electron chi connectivity index (χ4n) is 2.72. The highest BCUT2D eigenvalue weighted by molar-refractivity contribution is 6.04. The quantitative estimate of drug-likeness (QED) is 0.438. The van der Waals surface area contributed by atoms with Gasteiger partial charge in [0.2, 0.25) is 5.95 Å². The molecule has 2 aromatic carbocycles. The molecule has 3 aromatic rings. The van der Waals surface area contributed by atoms with Crippen LogP contribution in [0.2, 0.25) is 0 Å². The molecule has 0 spiro atoms. The van der Waals surface area contributed by atoms with Gasteiger partial charge in [-0.15, -0.1) is 13.2 Å². The molecule has 168 valence electrons. The Morgan fingerprint density at radius 3 is 2.50 bits per heavy atom. The van der Waals surface area contributed by atoms with Crippen molar-refractivity contribution >= 4 is 23.4 Å². The van der Waals surface area contributed by atoms with Gasteiger partial charge >= 0.3 is 6.36 Å². The van der Waals surface area contributed by atoms with Gasteiger partial charge in [-0.2, -0.15) is 4.98 Å². The Balaban J connectivity index is 1.95. The highest BCUT2D eigenvalue weighted by Crippen LogP contribution is 2.29. The van der Waals surface area contributed by atoms with Crippen LogP contribution in [0.1, 0.15) is 30.6 Å². The Morgan fingerprint density at radius 2 is 1.84 bits per heavy atom. The van der Waals surface area contributed by atoms with Crippen LogP contribution >= 0.6 is 0 Å². The molecule has 1 amide bonds. The average molecular weight is 445 g/mol. The Kier molecular flexibility index (Phi) is 6.82. The molecule has 1 atom stereocenters. The zero-order valence-electron chi connectivity index (χ0n) is 17.4. The third kappa shape index (κ3) is 6.34. The predicted molar refractivity (Wildman–Crippen MR) is 116 cm³/mol. The molecular weight excluding hydrogens is 423 g/mol. The maximum Gasteiger partial charge on any atom is 0.573 e. The number of anilines is 3. The summed E-state index contributed by atoms with van der Waals surface area (Å²) in [6, 6.07) is 13.3. The minimum atomic E-state index is -4.81. The molecule has 0 unspecified atom stereocenters. The molecular formula is C22H22F3N5O2. The molecule has 3 rings (SSSR count). The third-order valence-corrected chi connectivity index (χ3v) is 4.49. The predicted octanol–water partition coefficient (Wildman–Crippen LogP) is 5.09. The fourth-order valence-corrected chi connectivity index (χ4v) is 2.72. The number of nitrogen functional groups attached to an aromatic ring is 1. The van der Waals surface area contributed by atoms with Crippen LogP contribution in [0.4, 0.5) is 30.6 Å². The maximum atomic E-state index is 12.6. The molecule has 10 heteroatoms. The second kappa shape index (κ2) is 9.54. The molecule has 0 saturated heterocycles. The molecule has 0 aliphatic heterocycles. The number of rotatable bonds is 7. The number of carbonyl (C=O) groups excluding carboxylic acids is 1. The minimum Gasteiger partial charge on any atom is -0.406 e. The fraction of sp³-hybridized carbons (Fsp3) is 0.227. The second-order valence-corrected chi connectivity index (χ2v) is 7.07. The summed E-state index contributed by atoms with van der Waals surface area (Å²) in [4.78, 5) is 21.3. The summed E-state index contributed by atoms with van der Waals surface area (Å²) in [5.74, 6) is -0.382. The number of carbonyl (C=O) groups is 1. The number of alkyl halides is 3. The average Bonchev–Trinajstić information content (AvgIpc) is 2.73. The van der Waals surface area contributed by atoms with E-state index in [0.29, 0.717) is 22.5 Å². The van der Waals surface area contributed by atoms with Crippen LogP contribution in [0, 0.1) is 0 Å². The number of benzene rings is 2. The Hall–Kier alpha value is -3.82. The molecule has 0 aliphatic rings. The van der Waals surface area contributed by atoms with E-state index in [1.165, 1.54) is 24.3 Å². The monoisotopic (exact) mass is 445 g/mol. The molecule has 0 bridgehead atoms. The van der Waals surface area contributed by atoms with E-state index in [4.69, 9.17) is 5.73 Å². The van der Waals surface area contributed by atoms with Crippen molar-refractivity contribution in [2.75, 3.05) is 16.4 Å². The number of ether oxygens (including phenoxy) is 1. The molecule has 4 N–H and O–H groups in total. The Bertz CT molecular complexity index is 1090. The summed E-state index contributed by atoms with van der Waals surface area (Å²) >= 11 is 0. The highest BCUT2D eigenvalue weighted by atomic mass is 19.4. The van der Waals surface area contributed by atoms with Crippen LogP contribution in [0.25, 0.3) is 11.3 Å². The lowest BCUT2D eigenvalue weighted by Gasteiger charge is -2.15. The number of aromatic nitrogens is 2. The van der Waals surface area contributed by atoms with Gasteiger partial charge in [-0.05, 0) is 49.7 Å². The Morgan fingerprint density at radius 1 is 1.12 bits per heavy atom. The van der Waals surface area contributed by atoms with Crippen molar-refractivity contribution in [3.8, 4) is 17.0 Å². The number of amides is 1. The van der Waals surface area contributed by atoms with E-state index >= 15 is 0 Å². The van der Waals surface area contributed by atoms with Crippen molar-refractivity contribution in [3.05, 3.63) is 60.2 Å². The number of nitrogens with two attached hydrogens (primary N) is 1. The van der Waals surface area contributed by atoms with Gasteiger partial charge in [0.1, 0.15) is 11.6 Å². The van der Waals surface area contributed by atoms with Crippen molar-refractivity contribution in [1.29, 1.82) is 0 Å². The van der Waals surface area contributed by atoms with Crippen molar-refractivity contribution in [2.24, 2.45) is 0 Å². The maximum absolute atomic E-state index is 12.6. The lowest BCUT2D eigenvalue weighted by Crippen LogP contribution is -2.18. The van der Waals surface area contributed by atoms with Gasteiger partial charge in [0.15, 0.2) is 0 Å². The van der Waals surface area contributed by atoms with E-state index < -0.39 is 12.3 Å². The normalized spacial score (nSPS) is 12.2. The third-order valence-electron chi connectivity index (χ3n) is 4.49.